The summed E-state index contributed by atoms with van der Waals surface area (Å²) in [5.41, 5.74) is 3.07. The van der Waals surface area contributed by atoms with E-state index in [9.17, 15) is 9.59 Å². The molecule has 0 saturated heterocycles. The maximum absolute atomic E-state index is 12.9. The van der Waals surface area contributed by atoms with E-state index >= 15 is 0 Å². The van der Waals surface area contributed by atoms with Crippen LogP contribution in [0.2, 0.25) is 5.02 Å². The third-order valence-electron chi connectivity index (χ3n) is 4.93. The van der Waals surface area contributed by atoms with Crippen molar-refractivity contribution in [1.29, 1.82) is 0 Å². The maximum atomic E-state index is 12.9. The second-order valence-corrected chi connectivity index (χ2v) is 8.67. The van der Waals surface area contributed by atoms with Crippen molar-refractivity contribution < 1.29 is 4.79 Å². The summed E-state index contributed by atoms with van der Waals surface area (Å²) < 4.78 is 3.36. The molecular formula is C22H20ClN3O2S. The van der Waals surface area contributed by atoms with Crippen LogP contribution >= 0.6 is 22.9 Å². The van der Waals surface area contributed by atoms with E-state index in [4.69, 9.17) is 11.6 Å². The van der Waals surface area contributed by atoms with Crippen LogP contribution in [0.5, 0.6) is 0 Å². The van der Waals surface area contributed by atoms with Crippen molar-refractivity contribution in [1.82, 2.24) is 14.5 Å². The predicted octanol–water partition coefficient (Wildman–Crippen LogP) is 4.50. The number of halogens is 1. The molecule has 4 aromatic rings. The highest BCUT2D eigenvalue weighted by Crippen LogP contribution is 2.29. The number of thiophene rings is 1. The number of aryl methyl sites for hydroxylation is 3. The lowest BCUT2D eigenvalue weighted by Gasteiger charge is -2.05. The Morgan fingerprint density at radius 1 is 1.07 bits per heavy atom. The molecule has 0 saturated carbocycles. The molecule has 0 aliphatic heterocycles. The number of aromatic nitrogens is 2. The Bertz CT molecular complexity index is 1280. The van der Waals surface area contributed by atoms with Crippen molar-refractivity contribution >= 4 is 39.7 Å². The Labute approximate surface area is 177 Å². The van der Waals surface area contributed by atoms with Gasteiger partial charge in [0.1, 0.15) is 0 Å². The quantitative estimate of drug-likeness (QED) is 0.523. The summed E-state index contributed by atoms with van der Waals surface area (Å²) in [5.74, 6) is -0.250. The van der Waals surface area contributed by atoms with Crippen LogP contribution in [0.3, 0.4) is 0 Å². The molecular weight excluding hydrogens is 406 g/mol. The highest BCUT2D eigenvalue weighted by atomic mass is 35.5. The summed E-state index contributed by atoms with van der Waals surface area (Å²) >= 11 is 7.57. The Kier molecular flexibility index (Phi) is 5.06. The van der Waals surface area contributed by atoms with Gasteiger partial charge < -0.3 is 14.5 Å². The van der Waals surface area contributed by atoms with Gasteiger partial charge in [0.15, 0.2) is 0 Å². The van der Waals surface area contributed by atoms with E-state index in [1.807, 2.05) is 54.9 Å². The minimum Gasteiger partial charge on any atom is -0.349 e. The maximum Gasteiger partial charge on any atom is 0.260 e. The topological polar surface area (TPSA) is 56.0 Å². The molecule has 0 fully saturated rings. The number of nitrogens with one attached hydrogen (secondary N) is 1. The van der Waals surface area contributed by atoms with E-state index in [1.165, 1.54) is 4.57 Å². The van der Waals surface area contributed by atoms with Crippen LogP contribution in [0, 0.1) is 6.92 Å². The zero-order valence-corrected chi connectivity index (χ0v) is 17.9. The molecule has 7 heteroatoms. The van der Waals surface area contributed by atoms with Gasteiger partial charge in [-0.25, -0.2) is 0 Å². The van der Waals surface area contributed by atoms with Crippen LogP contribution in [0.15, 0.2) is 53.6 Å². The van der Waals surface area contributed by atoms with Crippen molar-refractivity contribution in [2.75, 3.05) is 0 Å². The first-order valence-electron chi connectivity index (χ1n) is 9.13. The number of rotatable bonds is 4. The van der Waals surface area contributed by atoms with Gasteiger partial charge in [-0.3, -0.25) is 9.59 Å². The molecule has 0 atom stereocenters. The van der Waals surface area contributed by atoms with E-state index in [1.54, 1.807) is 30.8 Å². The Morgan fingerprint density at radius 3 is 2.52 bits per heavy atom. The number of carbonyl (C=O) groups is 1. The third kappa shape index (κ3) is 3.61. The van der Waals surface area contributed by atoms with E-state index in [0.717, 1.165) is 26.4 Å². The zero-order valence-electron chi connectivity index (χ0n) is 16.3. The predicted molar refractivity (Wildman–Crippen MR) is 119 cm³/mol. The van der Waals surface area contributed by atoms with E-state index in [-0.39, 0.29) is 11.5 Å². The van der Waals surface area contributed by atoms with Crippen molar-refractivity contribution in [3.63, 3.8) is 0 Å². The minimum atomic E-state index is -0.250. The standard InChI is InChI=1S/C22H20ClN3O2S/c1-13-11-26(3)22(28)19-17(12-25(2)20(13)19)21(27)24-10-16-8-9-18(29-16)14-4-6-15(23)7-5-14/h4-9,11-12H,10H2,1-3H3,(H,24,27). The molecule has 0 radical (unpaired) electrons. The second kappa shape index (κ2) is 7.54. The molecule has 4 rings (SSSR count). The number of amides is 1. The van der Waals surface area contributed by atoms with Gasteiger partial charge in [0.2, 0.25) is 0 Å². The molecule has 1 N–H and O–H groups in total. The van der Waals surface area contributed by atoms with Gasteiger partial charge in [0.25, 0.3) is 11.5 Å². The van der Waals surface area contributed by atoms with Crippen LogP contribution in [-0.2, 0) is 20.6 Å². The van der Waals surface area contributed by atoms with Crippen molar-refractivity contribution in [2.45, 2.75) is 13.5 Å². The fourth-order valence-corrected chi connectivity index (χ4v) is 4.66. The molecule has 5 nitrogen and oxygen atoms in total. The summed E-state index contributed by atoms with van der Waals surface area (Å²) in [6.45, 7) is 2.34. The first-order valence-corrected chi connectivity index (χ1v) is 10.3. The molecule has 0 bridgehead atoms. The lowest BCUT2D eigenvalue weighted by atomic mass is 10.1. The number of benzene rings is 1. The lowest BCUT2D eigenvalue weighted by molar-refractivity contribution is 0.0952. The minimum absolute atomic E-state index is 0.169. The SMILES string of the molecule is Cc1cn(C)c(=O)c2c(C(=O)NCc3ccc(-c4ccc(Cl)cc4)s3)cn(C)c12. The molecule has 1 amide bonds. The third-order valence-corrected chi connectivity index (χ3v) is 6.32. The van der Waals surface area contributed by atoms with Crippen LogP contribution in [0.4, 0.5) is 0 Å². The largest absolute Gasteiger partial charge is 0.349 e. The first kappa shape index (κ1) is 19.5. The number of fused-ring (bicyclic) bond motifs is 1. The number of hydrogen-bond acceptors (Lipinski definition) is 3. The highest BCUT2D eigenvalue weighted by Gasteiger charge is 2.19. The second-order valence-electron chi connectivity index (χ2n) is 7.06. The summed E-state index contributed by atoms with van der Waals surface area (Å²) in [6, 6.07) is 11.7. The highest BCUT2D eigenvalue weighted by molar-refractivity contribution is 7.15. The van der Waals surface area contributed by atoms with Crippen LogP contribution in [0.1, 0.15) is 20.8 Å². The molecule has 3 aromatic heterocycles. The van der Waals surface area contributed by atoms with Crippen LogP contribution in [-0.4, -0.2) is 15.0 Å². The van der Waals surface area contributed by atoms with Crippen molar-refractivity contribution in [2.24, 2.45) is 14.1 Å². The first-order chi connectivity index (χ1) is 13.8. The number of pyridine rings is 1. The van der Waals surface area contributed by atoms with E-state index < -0.39 is 0 Å². The van der Waals surface area contributed by atoms with Gasteiger partial charge in [-0.15, -0.1) is 11.3 Å². The molecule has 1 aromatic carbocycles. The Balaban J connectivity index is 1.57. The summed E-state index contributed by atoms with van der Waals surface area (Å²) in [5, 5.41) is 4.11. The van der Waals surface area contributed by atoms with Gasteiger partial charge in [-0.2, -0.15) is 0 Å². The van der Waals surface area contributed by atoms with Crippen LogP contribution in [0.25, 0.3) is 21.3 Å². The number of nitrogens with zero attached hydrogens (tertiary/aromatic N) is 2. The Morgan fingerprint density at radius 2 is 1.79 bits per heavy atom. The number of carbonyl (C=O) groups excluding carboxylic acids is 1. The smallest absolute Gasteiger partial charge is 0.260 e. The summed E-state index contributed by atoms with van der Waals surface area (Å²) in [4.78, 5) is 27.6. The number of hydrogen-bond donors (Lipinski definition) is 1. The monoisotopic (exact) mass is 425 g/mol. The van der Waals surface area contributed by atoms with Crippen molar-refractivity contribution in [3.05, 3.63) is 80.2 Å². The average Bonchev–Trinajstić information content (AvgIpc) is 3.30. The molecule has 0 spiro atoms. The van der Waals surface area contributed by atoms with Crippen LogP contribution < -0.4 is 10.9 Å². The lowest BCUT2D eigenvalue weighted by Crippen LogP contribution is -2.24. The van der Waals surface area contributed by atoms with Gasteiger partial charge in [0, 0.05) is 41.3 Å². The van der Waals surface area contributed by atoms with Gasteiger partial charge in [-0.05, 0) is 42.3 Å². The molecule has 148 valence electrons. The molecule has 29 heavy (non-hydrogen) atoms. The molecule has 0 unspecified atom stereocenters. The average molecular weight is 426 g/mol. The zero-order chi connectivity index (χ0) is 20.7. The summed E-state index contributed by atoms with van der Waals surface area (Å²) in [7, 11) is 3.55. The van der Waals surface area contributed by atoms with E-state index in [2.05, 4.69) is 5.32 Å². The normalized spacial score (nSPS) is 11.2. The van der Waals surface area contributed by atoms with E-state index in [0.29, 0.717) is 22.5 Å². The van der Waals surface area contributed by atoms with Crippen molar-refractivity contribution in [3.8, 4) is 10.4 Å². The molecule has 0 aliphatic rings. The molecule has 3 heterocycles. The fourth-order valence-electron chi connectivity index (χ4n) is 3.58. The summed E-state index contributed by atoms with van der Waals surface area (Å²) in [6.07, 6.45) is 3.51. The van der Waals surface area contributed by atoms with Gasteiger partial charge in [0.05, 0.1) is 23.0 Å². The fraction of sp³-hybridized carbons (Fsp3) is 0.182. The Hall–Kier alpha value is -2.83. The van der Waals surface area contributed by atoms with Gasteiger partial charge in [-0.1, -0.05) is 23.7 Å². The van der Waals surface area contributed by atoms with Gasteiger partial charge >= 0.3 is 0 Å². The molecule has 0 aliphatic carbocycles.